The largest absolute Gasteiger partial charge is 0.462 e. The molecule has 0 amide bonds. The summed E-state index contributed by atoms with van der Waals surface area (Å²) in [7, 11) is 0. The van der Waals surface area contributed by atoms with Gasteiger partial charge in [0, 0.05) is 19.3 Å². The summed E-state index contributed by atoms with van der Waals surface area (Å²) in [5.74, 6) is -0.892. The number of hydrogen-bond donors (Lipinski definition) is 0. The van der Waals surface area contributed by atoms with E-state index in [0.29, 0.717) is 19.3 Å². The van der Waals surface area contributed by atoms with Gasteiger partial charge >= 0.3 is 17.9 Å². The van der Waals surface area contributed by atoms with Gasteiger partial charge in [0.15, 0.2) is 6.10 Å². The maximum atomic E-state index is 12.9. The zero-order valence-corrected chi connectivity index (χ0v) is 49.8. The zero-order chi connectivity index (χ0) is 54.3. The molecule has 0 aromatic rings. The minimum Gasteiger partial charge on any atom is -0.462 e. The molecule has 0 spiro atoms. The molecule has 0 aliphatic heterocycles. The average molecular weight is 1050 g/mol. The normalized spacial score (nSPS) is 12.5. The Hall–Kier alpha value is -3.15. The van der Waals surface area contributed by atoms with Gasteiger partial charge in [-0.15, -0.1) is 0 Å². The number of rotatable bonds is 59. The summed E-state index contributed by atoms with van der Waals surface area (Å²) in [6, 6.07) is 0. The van der Waals surface area contributed by atoms with Gasteiger partial charge in [-0.2, -0.15) is 0 Å². The SMILES string of the molecule is CCCCCCC/C=C\C/C=C\C/C=C\CCCCCCCCC(=O)OCC(COC(=O)CCCCCCCCCCCCCCCCC)OC(=O)CCCCCCCC/C=C\C/C=C\C/C=C\CCCCCCC. The smallest absolute Gasteiger partial charge is 0.306 e. The molecular weight excluding hydrogens is 925 g/mol. The summed E-state index contributed by atoms with van der Waals surface area (Å²) in [6.45, 7) is 6.64. The van der Waals surface area contributed by atoms with E-state index in [4.69, 9.17) is 14.2 Å². The van der Waals surface area contributed by atoms with Gasteiger partial charge in [-0.3, -0.25) is 14.4 Å². The first-order valence-corrected chi connectivity index (χ1v) is 32.4. The van der Waals surface area contributed by atoms with Crippen LogP contribution in [0.15, 0.2) is 72.9 Å². The third-order valence-electron chi connectivity index (χ3n) is 14.2. The van der Waals surface area contributed by atoms with Crippen molar-refractivity contribution in [2.45, 2.75) is 335 Å². The van der Waals surface area contributed by atoms with E-state index in [-0.39, 0.29) is 31.1 Å². The van der Waals surface area contributed by atoms with Crippen LogP contribution in [0, 0.1) is 0 Å². The molecule has 0 aromatic carbocycles. The molecule has 0 fully saturated rings. The van der Waals surface area contributed by atoms with Crippen LogP contribution in [0.5, 0.6) is 0 Å². The second-order valence-corrected chi connectivity index (χ2v) is 21.7. The summed E-state index contributed by atoms with van der Waals surface area (Å²) < 4.78 is 16.9. The van der Waals surface area contributed by atoms with E-state index in [1.807, 2.05) is 0 Å². The van der Waals surface area contributed by atoms with Gasteiger partial charge in [-0.25, -0.2) is 0 Å². The molecule has 0 aromatic heterocycles. The Balaban J connectivity index is 4.41. The molecule has 0 radical (unpaired) electrons. The van der Waals surface area contributed by atoms with Gasteiger partial charge in [0.2, 0.25) is 0 Å². The first kappa shape index (κ1) is 71.8. The highest BCUT2D eigenvalue weighted by Crippen LogP contribution is 2.16. The molecule has 75 heavy (non-hydrogen) atoms. The zero-order valence-electron chi connectivity index (χ0n) is 49.8. The van der Waals surface area contributed by atoms with Crippen LogP contribution in [0.3, 0.4) is 0 Å². The van der Waals surface area contributed by atoms with Gasteiger partial charge in [0.05, 0.1) is 0 Å². The van der Waals surface area contributed by atoms with Crippen molar-refractivity contribution in [3.8, 4) is 0 Å². The fraction of sp³-hybridized carbons (Fsp3) is 0.783. The van der Waals surface area contributed by atoms with Crippen molar-refractivity contribution < 1.29 is 28.6 Å². The molecule has 0 saturated carbocycles. The van der Waals surface area contributed by atoms with Crippen LogP contribution in [0.2, 0.25) is 0 Å². The van der Waals surface area contributed by atoms with Gasteiger partial charge in [-0.1, -0.05) is 286 Å². The maximum Gasteiger partial charge on any atom is 0.306 e. The second kappa shape index (κ2) is 63.4. The number of carbonyl (C=O) groups excluding carboxylic acids is 3. The number of ether oxygens (including phenoxy) is 3. The molecule has 0 aliphatic carbocycles. The van der Waals surface area contributed by atoms with Crippen molar-refractivity contribution in [2.24, 2.45) is 0 Å². The van der Waals surface area contributed by atoms with Crippen molar-refractivity contribution >= 4 is 17.9 Å². The van der Waals surface area contributed by atoms with Crippen molar-refractivity contribution in [3.05, 3.63) is 72.9 Å². The van der Waals surface area contributed by atoms with Crippen molar-refractivity contribution in [3.63, 3.8) is 0 Å². The van der Waals surface area contributed by atoms with Crippen LogP contribution in [0.4, 0.5) is 0 Å². The molecule has 0 rings (SSSR count). The molecule has 1 unspecified atom stereocenters. The van der Waals surface area contributed by atoms with Gasteiger partial charge in [0.1, 0.15) is 13.2 Å². The topological polar surface area (TPSA) is 78.9 Å². The van der Waals surface area contributed by atoms with Crippen LogP contribution in [-0.4, -0.2) is 37.2 Å². The highest BCUT2D eigenvalue weighted by molar-refractivity contribution is 5.71. The summed E-state index contributed by atoms with van der Waals surface area (Å²) in [6.07, 6.45) is 81.8. The lowest BCUT2D eigenvalue weighted by molar-refractivity contribution is -0.167. The monoisotopic (exact) mass is 1050 g/mol. The van der Waals surface area contributed by atoms with Crippen LogP contribution >= 0.6 is 0 Å². The van der Waals surface area contributed by atoms with E-state index < -0.39 is 6.10 Å². The average Bonchev–Trinajstić information content (AvgIpc) is 3.41. The molecule has 0 aliphatic rings. The number of carbonyl (C=O) groups is 3. The van der Waals surface area contributed by atoms with Crippen molar-refractivity contribution in [2.75, 3.05) is 13.2 Å². The molecule has 0 heterocycles. The first-order valence-electron chi connectivity index (χ1n) is 32.4. The van der Waals surface area contributed by atoms with Gasteiger partial charge in [0.25, 0.3) is 0 Å². The lowest BCUT2D eigenvalue weighted by Gasteiger charge is -2.18. The Kier molecular flexibility index (Phi) is 60.7. The van der Waals surface area contributed by atoms with E-state index in [0.717, 1.165) is 103 Å². The highest BCUT2D eigenvalue weighted by atomic mass is 16.6. The Morgan fingerprint density at radius 1 is 0.267 bits per heavy atom. The molecule has 6 heteroatoms. The summed E-state index contributed by atoms with van der Waals surface area (Å²) in [5, 5.41) is 0. The Morgan fingerprint density at radius 3 is 0.747 bits per heavy atom. The quantitative estimate of drug-likeness (QED) is 0.0261. The minimum atomic E-state index is -0.788. The number of esters is 3. The van der Waals surface area contributed by atoms with Crippen molar-refractivity contribution in [1.82, 2.24) is 0 Å². The Morgan fingerprint density at radius 2 is 0.480 bits per heavy atom. The number of unbranched alkanes of at least 4 members (excludes halogenated alkanes) is 36. The van der Waals surface area contributed by atoms with E-state index in [2.05, 4.69) is 93.7 Å². The lowest BCUT2D eigenvalue weighted by atomic mass is 10.0. The molecule has 434 valence electrons. The van der Waals surface area contributed by atoms with Crippen molar-refractivity contribution in [1.29, 1.82) is 0 Å². The van der Waals surface area contributed by atoms with Crippen LogP contribution in [-0.2, 0) is 28.6 Å². The van der Waals surface area contributed by atoms with Crippen LogP contribution < -0.4 is 0 Å². The third-order valence-corrected chi connectivity index (χ3v) is 14.2. The van der Waals surface area contributed by atoms with Crippen LogP contribution in [0.25, 0.3) is 0 Å². The molecule has 0 saturated heterocycles. The number of hydrogen-bond acceptors (Lipinski definition) is 6. The van der Waals surface area contributed by atoms with E-state index in [9.17, 15) is 14.4 Å². The van der Waals surface area contributed by atoms with Gasteiger partial charge in [-0.05, 0) is 96.3 Å². The lowest BCUT2D eigenvalue weighted by Crippen LogP contribution is -2.30. The highest BCUT2D eigenvalue weighted by Gasteiger charge is 2.19. The van der Waals surface area contributed by atoms with E-state index >= 15 is 0 Å². The fourth-order valence-corrected chi connectivity index (χ4v) is 9.28. The summed E-state index contributed by atoms with van der Waals surface area (Å²) >= 11 is 0. The number of allylic oxidation sites excluding steroid dienone is 12. The molecular formula is C69H122O6. The molecule has 0 N–H and O–H groups in total. The standard InChI is InChI=1S/C69H122O6/c1-4-7-10-13-16-19-22-25-28-30-32-34-36-38-41-44-47-50-53-56-59-62-68(71)74-65-66(64-73-67(70)61-58-55-52-49-46-43-40-27-24-21-18-15-12-9-6-3)75-69(72)63-60-57-54-51-48-45-42-39-37-35-33-31-29-26-23-20-17-14-11-8-5-2/h22-23,25-26,30-33,36-39,66H,4-21,24,27-29,34-35,40-65H2,1-3H3/b25-22-,26-23-,32-30-,33-31-,38-36-,39-37-. The predicted octanol–water partition coefficient (Wildman–Crippen LogP) is 22.1. The summed E-state index contributed by atoms with van der Waals surface area (Å²) in [5.41, 5.74) is 0. The maximum absolute atomic E-state index is 12.9. The Bertz CT molecular complexity index is 1390. The summed E-state index contributed by atoms with van der Waals surface area (Å²) in [4.78, 5) is 38.3. The molecule has 0 bridgehead atoms. The predicted molar refractivity (Wildman–Crippen MR) is 325 cm³/mol. The minimum absolute atomic E-state index is 0.0825. The first-order chi connectivity index (χ1) is 37.0. The van der Waals surface area contributed by atoms with Gasteiger partial charge < -0.3 is 14.2 Å². The molecule has 6 nitrogen and oxygen atoms in total. The second-order valence-electron chi connectivity index (χ2n) is 21.7. The molecule has 1 atom stereocenters. The van der Waals surface area contributed by atoms with Crippen LogP contribution in [0.1, 0.15) is 329 Å². The third kappa shape index (κ3) is 61.6. The van der Waals surface area contributed by atoms with E-state index in [1.54, 1.807) is 0 Å². The fourth-order valence-electron chi connectivity index (χ4n) is 9.28. The van der Waals surface area contributed by atoms with E-state index in [1.165, 1.54) is 186 Å². The Labute approximate surface area is 465 Å².